The van der Waals surface area contributed by atoms with Crippen LogP contribution in [0.2, 0.25) is 5.02 Å². The molecular weight excluding hydrogens is 298 g/mol. The topological polar surface area (TPSA) is 65.0 Å². The predicted octanol–water partition coefficient (Wildman–Crippen LogP) is 4.03. The fourth-order valence-electron chi connectivity index (χ4n) is 1.89. The van der Waals surface area contributed by atoms with Crippen LogP contribution in [0.25, 0.3) is 11.1 Å². The van der Waals surface area contributed by atoms with Gasteiger partial charge in [0.15, 0.2) is 11.4 Å². The van der Waals surface area contributed by atoms with Gasteiger partial charge in [0.2, 0.25) is 5.89 Å². The van der Waals surface area contributed by atoms with Crippen LogP contribution in [0, 0.1) is 0 Å². The van der Waals surface area contributed by atoms with Gasteiger partial charge in [0.05, 0.1) is 5.75 Å². The molecule has 0 atom stereocenters. The number of thioether (sulfide) groups is 1. The lowest BCUT2D eigenvalue weighted by Crippen LogP contribution is -1.84. The zero-order valence-corrected chi connectivity index (χ0v) is 11.9. The van der Waals surface area contributed by atoms with E-state index in [-0.39, 0.29) is 0 Å². The lowest BCUT2D eigenvalue weighted by molar-refractivity contribution is 0.375. The zero-order chi connectivity index (χ0) is 13.5. The van der Waals surface area contributed by atoms with Gasteiger partial charge in [-0.25, -0.2) is 4.98 Å². The summed E-state index contributed by atoms with van der Waals surface area (Å²) in [5.41, 5.74) is 1.48. The minimum absolute atomic E-state index is 0.479. The first-order chi connectivity index (χ1) is 9.78. The Kier molecular flexibility index (Phi) is 2.93. The highest BCUT2D eigenvalue weighted by molar-refractivity contribution is 7.98. The van der Waals surface area contributed by atoms with Crippen molar-refractivity contribution in [2.45, 2.75) is 29.7 Å². The second-order valence-electron chi connectivity index (χ2n) is 4.70. The molecule has 0 amide bonds. The van der Waals surface area contributed by atoms with Crippen molar-refractivity contribution in [2.24, 2.45) is 0 Å². The molecule has 2 heterocycles. The van der Waals surface area contributed by atoms with Gasteiger partial charge >= 0.3 is 0 Å². The molecule has 0 saturated heterocycles. The Labute approximate surface area is 123 Å². The minimum atomic E-state index is 0.479. The molecular formula is C13H10ClN3O2S. The Bertz CT molecular complexity index is 766. The van der Waals surface area contributed by atoms with Crippen molar-refractivity contribution in [3.05, 3.63) is 34.9 Å². The summed E-state index contributed by atoms with van der Waals surface area (Å²) in [4.78, 5) is 8.74. The van der Waals surface area contributed by atoms with Gasteiger partial charge in [0.1, 0.15) is 5.52 Å². The molecule has 0 radical (unpaired) electrons. The van der Waals surface area contributed by atoms with E-state index in [2.05, 4.69) is 15.1 Å². The van der Waals surface area contributed by atoms with Crippen LogP contribution < -0.4 is 0 Å². The molecule has 1 aliphatic rings. The van der Waals surface area contributed by atoms with E-state index in [1.807, 2.05) is 6.07 Å². The van der Waals surface area contributed by atoms with E-state index in [0.717, 1.165) is 24.2 Å². The molecule has 0 spiro atoms. The SMILES string of the molecule is Clc1ccc2nc(SCc3noc(C4CC4)n3)oc2c1. The van der Waals surface area contributed by atoms with Gasteiger partial charge in [-0.05, 0) is 25.0 Å². The van der Waals surface area contributed by atoms with Gasteiger partial charge in [0, 0.05) is 17.0 Å². The number of hydrogen-bond donors (Lipinski definition) is 0. The molecule has 7 heteroatoms. The summed E-state index contributed by atoms with van der Waals surface area (Å²) in [6.07, 6.45) is 2.31. The number of fused-ring (bicyclic) bond motifs is 1. The summed E-state index contributed by atoms with van der Waals surface area (Å²) in [6, 6.07) is 5.39. The normalized spacial score (nSPS) is 15.1. The number of oxazole rings is 1. The molecule has 1 fully saturated rings. The summed E-state index contributed by atoms with van der Waals surface area (Å²) in [5, 5.41) is 5.18. The van der Waals surface area contributed by atoms with E-state index in [4.69, 9.17) is 20.5 Å². The van der Waals surface area contributed by atoms with Crippen LogP contribution in [0.1, 0.15) is 30.5 Å². The average molecular weight is 308 g/mol. The van der Waals surface area contributed by atoms with Gasteiger partial charge < -0.3 is 8.94 Å². The smallest absolute Gasteiger partial charge is 0.257 e. The molecule has 1 saturated carbocycles. The molecule has 2 aromatic heterocycles. The van der Waals surface area contributed by atoms with Crippen LogP contribution in [0.15, 0.2) is 32.4 Å². The minimum Gasteiger partial charge on any atom is -0.431 e. The van der Waals surface area contributed by atoms with Crippen LogP contribution in [-0.4, -0.2) is 15.1 Å². The highest BCUT2D eigenvalue weighted by Gasteiger charge is 2.29. The molecule has 0 aliphatic heterocycles. The number of halogens is 1. The number of benzene rings is 1. The predicted molar refractivity (Wildman–Crippen MR) is 74.9 cm³/mol. The third kappa shape index (κ3) is 2.41. The highest BCUT2D eigenvalue weighted by atomic mass is 35.5. The second-order valence-corrected chi connectivity index (χ2v) is 6.07. The lowest BCUT2D eigenvalue weighted by atomic mass is 10.3. The third-order valence-electron chi connectivity index (χ3n) is 3.07. The average Bonchev–Trinajstić information content (AvgIpc) is 3.04. The van der Waals surface area contributed by atoms with Crippen molar-refractivity contribution >= 4 is 34.5 Å². The zero-order valence-electron chi connectivity index (χ0n) is 10.4. The van der Waals surface area contributed by atoms with E-state index < -0.39 is 0 Å². The molecule has 1 aliphatic carbocycles. The summed E-state index contributed by atoms with van der Waals surface area (Å²) < 4.78 is 10.8. The third-order valence-corrected chi connectivity index (χ3v) is 4.13. The van der Waals surface area contributed by atoms with E-state index in [9.17, 15) is 0 Å². The van der Waals surface area contributed by atoms with Gasteiger partial charge in [-0.2, -0.15) is 4.98 Å². The van der Waals surface area contributed by atoms with Crippen LogP contribution in [0.3, 0.4) is 0 Å². The Morgan fingerprint density at radius 2 is 2.20 bits per heavy atom. The van der Waals surface area contributed by atoms with Crippen LogP contribution in [-0.2, 0) is 5.75 Å². The maximum absolute atomic E-state index is 5.91. The van der Waals surface area contributed by atoms with Crippen molar-refractivity contribution in [1.29, 1.82) is 0 Å². The molecule has 1 aromatic carbocycles. The molecule has 20 heavy (non-hydrogen) atoms. The maximum Gasteiger partial charge on any atom is 0.257 e. The first kappa shape index (κ1) is 12.2. The summed E-state index contributed by atoms with van der Waals surface area (Å²) >= 11 is 7.36. The van der Waals surface area contributed by atoms with Gasteiger partial charge in [-0.15, -0.1) is 0 Å². The monoisotopic (exact) mass is 307 g/mol. The molecule has 3 aromatic rings. The van der Waals surface area contributed by atoms with Crippen molar-refractivity contribution in [2.75, 3.05) is 0 Å². The quantitative estimate of drug-likeness (QED) is 0.678. The van der Waals surface area contributed by atoms with Gasteiger partial charge in [0.25, 0.3) is 5.22 Å². The van der Waals surface area contributed by atoms with E-state index in [1.165, 1.54) is 11.8 Å². The van der Waals surface area contributed by atoms with E-state index in [0.29, 0.717) is 33.3 Å². The molecule has 5 nitrogen and oxygen atoms in total. The van der Waals surface area contributed by atoms with Crippen molar-refractivity contribution < 1.29 is 8.94 Å². The van der Waals surface area contributed by atoms with Crippen molar-refractivity contribution in [3.8, 4) is 0 Å². The van der Waals surface area contributed by atoms with E-state index in [1.54, 1.807) is 12.1 Å². The summed E-state index contributed by atoms with van der Waals surface area (Å²) in [7, 11) is 0. The maximum atomic E-state index is 5.91. The van der Waals surface area contributed by atoms with Gasteiger partial charge in [-0.1, -0.05) is 28.5 Å². The summed E-state index contributed by atoms with van der Waals surface area (Å²) in [5.74, 6) is 2.49. The number of rotatable bonds is 4. The Hall–Kier alpha value is -1.53. The first-order valence-corrected chi connectivity index (χ1v) is 7.66. The molecule has 0 bridgehead atoms. The molecule has 0 N–H and O–H groups in total. The molecule has 4 rings (SSSR count). The summed E-state index contributed by atoms with van der Waals surface area (Å²) in [6.45, 7) is 0. The van der Waals surface area contributed by atoms with Crippen molar-refractivity contribution in [1.82, 2.24) is 15.1 Å². The Balaban J connectivity index is 1.48. The number of aromatic nitrogens is 3. The van der Waals surface area contributed by atoms with Crippen LogP contribution in [0.4, 0.5) is 0 Å². The Morgan fingerprint density at radius 1 is 1.30 bits per heavy atom. The largest absolute Gasteiger partial charge is 0.431 e. The number of nitrogens with zero attached hydrogens (tertiary/aromatic N) is 3. The second kappa shape index (κ2) is 4.79. The lowest BCUT2D eigenvalue weighted by Gasteiger charge is -1.89. The van der Waals surface area contributed by atoms with Gasteiger partial charge in [-0.3, -0.25) is 0 Å². The van der Waals surface area contributed by atoms with E-state index >= 15 is 0 Å². The van der Waals surface area contributed by atoms with Crippen LogP contribution >= 0.6 is 23.4 Å². The highest BCUT2D eigenvalue weighted by Crippen LogP contribution is 2.39. The van der Waals surface area contributed by atoms with Crippen LogP contribution in [0.5, 0.6) is 0 Å². The Morgan fingerprint density at radius 3 is 3.05 bits per heavy atom. The molecule has 102 valence electrons. The fourth-order valence-corrected chi connectivity index (χ4v) is 2.73. The van der Waals surface area contributed by atoms with Crippen molar-refractivity contribution in [3.63, 3.8) is 0 Å². The molecule has 0 unspecified atom stereocenters. The standard InChI is InChI=1S/C13H10ClN3O2S/c14-8-3-4-9-10(5-8)18-13(15-9)20-6-11-16-12(19-17-11)7-1-2-7/h3-5,7H,1-2,6H2. The fraction of sp³-hybridized carbons (Fsp3) is 0.308. The first-order valence-electron chi connectivity index (χ1n) is 6.29. The number of hydrogen-bond acceptors (Lipinski definition) is 6.